The molecule has 2 heterocycles. The molecule has 1 aliphatic heterocycles. The molecule has 0 saturated carbocycles. The molecule has 172 valence electrons. The summed E-state index contributed by atoms with van der Waals surface area (Å²) in [5.74, 6) is 0.961. The van der Waals surface area contributed by atoms with Gasteiger partial charge in [0, 0.05) is 18.7 Å². The van der Waals surface area contributed by atoms with E-state index in [0.717, 1.165) is 11.1 Å². The zero-order valence-electron chi connectivity index (χ0n) is 19.5. The van der Waals surface area contributed by atoms with E-state index in [1.807, 2.05) is 67.6 Å². The van der Waals surface area contributed by atoms with Gasteiger partial charge in [0.1, 0.15) is 12.4 Å². The van der Waals surface area contributed by atoms with Crippen molar-refractivity contribution < 1.29 is 9.53 Å². The van der Waals surface area contributed by atoms with Crippen LogP contribution in [0, 0.1) is 12.8 Å². The maximum atomic E-state index is 13.7. The Morgan fingerprint density at radius 3 is 2.21 bits per heavy atom. The van der Waals surface area contributed by atoms with Gasteiger partial charge in [-0.05, 0) is 30.4 Å². The van der Waals surface area contributed by atoms with Gasteiger partial charge in [-0.2, -0.15) is 0 Å². The number of amides is 1. The molecule has 0 radical (unpaired) electrons. The summed E-state index contributed by atoms with van der Waals surface area (Å²) in [5, 5.41) is 0. The standard InChI is InChI=1S/C27H31N3O3/c1-19(2)17-33-18-25(31)29-15-14-23-24(16-29)28-20(3)30(27(23)32)26(21-10-6-4-7-11-21)22-12-8-5-9-13-22/h4-13,19,26H,14-18H2,1-3H3. The van der Waals surface area contributed by atoms with E-state index in [1.54, 1.807) is 9.47 Å². The number of aromatic nitrogens is 2. The first kappa shape index (κ1) is 22.9. The molecule has 0 spiro atoms. The van der Waals surface area contributed by atoms with Gasteiger partial charge in [-0.1, -0.05) is 74.5 Å². The number of benzene rings is 2. The zero-order valence-corrected chi connectivity index (χ0v) is 19.5. The minimum atomic E-state index is -0.262. The van der Waals surface area contributed by atoms with Gasteiger partial charge in [0.25, 0.3) is 5.56 Å². The molecule has 0 N–H and O–H groups in total. The summed E-state index contributed by atoms with van der Waals surface area (Å²) in [6.07, 6.45) is 0.494. The average molecular weight is 446 g/mol. The Morgan fingerprint density at radius 1 is 1.03 bits per heavy atom. The van der Waals surface area contributed by atoms with Gasteiger partial charge in [0.2, 0.25) is 5.91 Å². The third-order valence-electron chi connectivity index (χ3n) is 5.96. The molecule has 0 fully saturated rings. The lowest BCUT2D eigenvalue weighted by Crippen LogP contribution is -2.43. The number of rotatable bonds is 7. The van der Waals surface area contributed by atoms with E-state index in [1.165, 1.54) is 0 Å². The normalized spacial score (nSPS) is 13.4. The molecular formula is C27H31N3O3. The van der Waals surface area contributed by atoms with Gasteiger partial charge in [-0.3, -0.25) is 14.2 Å². The van der Waals surface area contributed by atoms with Crippen molar-refractivity contribution in [3.05, 3.63) is 99.2 Å². The Bertz CT molecular complexity index is 1120. The highest BCUT2D eigenvalue weighted by Gasteiger charge is 2.28. The molecule has 0 saturated heterocycles. The van der Waals surface area contributed by atoms with Crippen molar-refractivity contribution in [1.29, 1.82) is 0 Å². The highest BCUT2D eigenvalue weighted by molar-refractivity contribution is 5.77. The SMILES string of the molecule is Cc1nc2c(c(=O)n1C(c1ccccc1)c1ccccc1)CCN(C(=O)COCC(C)C)C2. The zero-order chi connectivity index (χ0) is 23.4. The van der Waals surface area contributed by atoms with Crippen molar-refractivity contribution >= 4 is 5.91 Å². The van der Waals surface area contributed by atoms with E-state index in [4.69, 9.17) is 9.72 Å². The average Bonchev–Trinajstić information content (AvgIpc) is 2.82. The summed E-state index contributed by atoms with van der Waals surface area (Å²) >= 11 is 0. The number of fused-ring (bicyclic) bond motifs is 1. The lowest BCUT2D eigenvalue weighted by molar-refractivity contribution is -0.137. The molecule has 2 aromatic carbocycles. The molecule has 6 nitrogen and oxygen atoms in total. The molecule has 6 heteroatoms. The van der Waals surface area contributed by atoms with E-state index in [-0.39, 0.29) is 24.1 Å². The first-order valence-electron chi connectivity index (χ1n) is 11.5. The third kappa shape index (κ3) is 5.06. The van der Waals surface area contributed by atoms with Crippen LogP contribution in [0.5, 0.6) is 0 Å². The minimum absolute atomic E-state index is 0.0293. The monoisotopic (exact) mass is 445 g/mol. The molecule has 1 aromatic heterocycles. The second-order valence-electron chi connectivity index (χ2n) is 8.96. The Hall–Kier alpha value is -3.25. The molecular weight excluding hydrogens is 414 g/mol. The number of ether oxygens (including phenoxy) is 1. The quantitative estimate of drug-likeness (QED) is 0.556. The lowest BCUT2D eigenvalue weighted by Gasteiger charge is -2.30. The maximum absolute atomic E-state index is 13.7. The fourth-order valence-corrected chi connectivity index (χ4v) is 4.37. The highest BCUT2D eigenvalue weighted by Crippen LogP contribution is 2.27. The van der Waals surface area contributed by atoms with Gasteiger partial charge in [0.15, 0.2) is 0 Å². The summed E-state index contributed by atoms with van der Waals surface area (Å²) in [6.45, 7) is 7.43. The summed E-state index contributed by atoms with van der Waals surface area (Å²) in [5.41, 5.74) is 3.43. The van der Waals surface area contributed by atoms with E-state index in [0.29, 0.717) is 49.1 Å². The van der Waals surface area contributed by atoms with Crippen molar-refractivity contribution in [3.8, 4) is 0 Å². The first-order chi connectivity index (χ1) is 16.0. The molecule has 3 aromatic rings. The van der Waals surface area contributed by atoms with Crippen LogP contribution >= 0.6 is 0 Å². The number of aryl methyl sites for hydroxylation is 1. The molecule has 33 heavy (non-hydrogen) atoms. The molecule has 4 rings (SSSR count). The van der Waals surface area contributed by atoms with Crippen molar-refractivity contribution in [2.45, 2.75) is 39.8 Å². The fraction of sp³-hybridized carbons (Fsp3) is 0.370. The summed E-state index contributed by atoms with van der Waals surface area (Å²) < 4.78 is 7.31. The number of hydrogen-bond acceptors (Lipinski definition) is 4. The van der Waals surface area contributed by atoms with Crippen molar-refractivity contribution in [2.24, 2.45) is 5.92 Å². The molecule has 1 amide bonds. The smallest absolute Gasteiger partial charge is 0.257 e. The fourth-order valence-electron chi connectivity index (χ4n) is 4.37. The second kappa shape index (κ2) is 10.1. The van der Waals surface area contributed by atoms with E-state index in [9.17, 15) is 9.59 Å². The van der Waals surface area contributed by atoms with E-state index >= 15 is 0 Å². The van der Waals surface area contributed by atoms with Gasteiger partial charge in [-0.25, -0.2) is 4.98 Å². The lowest BCUT2D eigenvalue weighted by atomic mass is 9.97. The summed E-state index contributed by atoms with van der Waals surface area (Å²) in [6, 6.07) is 19.8. The number of carbonyl (C=O) groups is 1. The van der Waals surface area contributed by atoms with Gasteiger partial charge in [0.05, 0.1) is 18.3 Å². The predicted molar refractivity (Wildman–Crippen MR) is 128 cm³/mol. The highest BCUT2D eigenvalue weighted by atomic mass is 16.5. The third-order valence-corrected chi connectivity index (χ3v) is 5.96. The second-order valence-corrected chi connectivity index (χ2v) is 8.96. The van der Waals surface area contributed by atoms with Crippen LogP contribution in [0.3, 0.4) is 0 Å². The molecule has 0 atom stereocenters. The van der Waals surface area contributed by atoms with Crippen molar-refractivity contribution in [2.75, 3.05) is 19.8 Å². The summed E-state index contributed by atoms with van der Waals surface area (Å²) in [7, 11) is 0. The molecule has 0 unspecified atom stereocenters. The van der Waals surface area contributed by atoms with Crippen LogP contribution in [0.4, 0.5) is 0 Å². The van der Waals surface area contributed by atoms with Crippen LogP contribution in [0.15, 0.2) is 65.5 Å². The van der Waals surface area contributed by atoms with Crippen LogP contribution in [0.1, 0.15) is 48.1 Å². The Kier molecular flexibility index (Phi) is 7.04. The molecule has 1 aliphatic rings. The number of hydrogen-bond donors (Lipinski definition) is 0. The summed E-state index contributed by atoms with van der Waals surface area (Å²) in [4.78, 5) is 32.9. The van der Waals surface area contributed by atoms with Gasteiger partial charge >= 0.3 is 0 Å². The minimum Gasteiger partial charge on any atom is -0.371 e. The van der Waals surface area contributed by atoms with Gasteiger partial charge < -0.3 is 9.64 Å². The largest absolute Gasteiger partial charge is 0.371 e. The van der Waals surface area contributed by atoms with Crippen LogP contribution in [-0.4, -0.2) is 40.1 Å². The van der Waals surface area contributed by atoms with Crippen molar-refractivity contribution in [3.63, 3.8) is 0 Å². The van der Waals surface area contributed by atoms with E-state index in [2.05, 4.69) is 13.8 Å². The Morgan fingerprint density at radius 2 is 1.64 bits per heavy atom. The number of carbonyl (C=O) groups excluding carboxylic acids is 1. The van der Waals surface area contributed by atoms with Crippen LogP contribution in [-0.2, 0) is 22.5 Å². The van der Waals surface area contributed by atoms with Gasteiger partial charge in [-0.15, -0.1) is 0 Å². The topological polar surface area (TPSA) is 64.4 Å². The first-order valence-corrected chi connectivity index (χ1v) is 11.5. The van der Waals surface area contributed by atoms with E-state index < -0.39 is 0 Å². The number of nitrogens with zero attached hydrogens (tertiary/aromatic N) is 3. The molecule has 0 bridgehead atoms. The van der Waals surface area contributed by atoms with Crippen LogP contribution in [0.25, 0.3) is 0 Å². The Labute approximate surface area is 194 Å². The predicted octanol–water partition coefficient (Wildman–Crippen LogP) is 3.75. The Balaban J connectivity index is 1.67. The molecule has 0 aliphatic carbocycles. The van der Waals surface area contributed by atoms with Crippen LogP contribution < -0.4 is 5.56 Å². The van der Waals surface area contributed by atoms with Crippen LogP contribution in [0.2, 0.25) is 0 Å². The van der Waals surface area contributed by atoms with Crippen molar-refractivity contribution in [1.82, 2.24) is 14.5 Å². The maximum Gasteiger partial charge on any atom is 0.257 e.